The Hall–Kier alpha value is -0.630. The van der Waals surface area contributed by atoms with Gasteiger partial charge in [-0.15, -0.1) is 11.8 Å². The van der Waals surface area contributed by atoms with Crippen molar-refractivity contribution in [3.8, 4) is 0 Å². The second-order valence-corrected chi connectivity index (χ2v) is 8.16. The summed E-state index contributed by atoms with van der Waals surface area (Å²) in [5.41, 5.74) is 2.64. The predicted molar refractivity (Wildman–Crippen MR) is 99.2 cm³/mol. The Labute approximate surface area is 147 Å². The van der Waals surface area contributed by atoms with E-state index in [4.69, 9.17) is 23.2 Å². The van der Waals surface area contributed by atoms with Gasteiger partial charge in [0.15, 0.2) is 0 Å². The summed E-state index contributed by atoms with van der Waals surface area (Å²) in [6.45, 7) is 0. The summed E-state index contributed by atoms with van der Waals surface area (Å²) in [5, 5.41) is 2.70. The molecule has 2 aromatic carbocycles. The van der Waals surface area contributed by atoms with Crippen molar-refractivity contribution in [3.63, 3.8) is 0 Å². The minimum atomic E-state index is 0.359. The lowest BCUT2D eigenvalue weighted by Gasteiger charge is -2.27. The summed E-state index contributed by atoms with van der Waals surface area (Å²) in [6, 6.07) is 16.6. The molecule has 0 aliphatic heterocycles. The van der Waals surface area contributed by atoms with Crippen molar-refractivity contribution in [2.24, 2.45) is 0 Å². The van der Waals surface area contributed by atoms with Gasteiger partial charge in [0.25, 0.3) is 0 Å². The zero-order valence-corrected chi connectivity index (χ0v) is 14.8. The standard InChI is InChI=1S/C19H20Cl2S/c20-16-10-6-14(7-11-16)19(15-8-12-17(21)13-9-15)22-18-4-2-1-3-5-18/h6-13,18-19H,1-5H2. The van der Waals surface area contributed by atoms with Gasteiger partial charge < -0.3 is 0 Å². The molecule has 1 fully saturated rings. The van der Waals surface area contributed by atoms with Crippen molar-refractivity contribution < 1.29 is 0 Å². The van der Waals surface area contributed by atoms with E-state index in [0.717, 1.165) is 15.3 Å². The van der Waals surface area contributed by atoms with Crippen LogP contribution in [0.1, 0.15) is 48.5 Å². The Morgan fingerprint density at radius 3 is 1.64 bits per heavy atom. The monoisotopic (exact) mass is 350 g/mol. The molecule has 0 aromatic heterocycles. The minimum Gasteiger partial charge on any atom is -0.146 e. The van der Waals surface area contributed by atoms with E-state index in [1.54, 1.807) is 0 Å². The second-order valence-electron chi connectivity index (χ2n) is 5.88. The molecule has 2 aromatic rings. The topological polar surface area (TPSA) is 0 Å². The van der Waals surface area contributed by atoms with Crippen LogP contribution >= 0.6 is 35.0 Å². The number of hydrogen-bond donors (Lipinski definition) is 0. The van der Waals surface area contributed by atoms with Gasteiger partial charge in [-0.25, -0.2) is 0 Å². The van der Waals surface area contributed by atoms with Crippen molar-refractivity contribution in [2.75, 3.05) is 0 Å². The van der Waals surface area contributed by atoms with Gasteiger partial charge in [-0.3, -0.25) is 0 Å². The van der Waals surface area contributed by atoms with Crippen LogP contribution in [0.2, 0.25) is 10.0 Å². The van der Waals surface area contributed by atoms with Gasteiger partial charge in [0.05, 0.1) is 5.25 Å². The third-order valence-electron chi connectivity index (χ3n) is 4.23. The van der Waals surface area contributed by atoms with Gasteiger partial charge in [0.2, 0.25) is 0 Å². The van der Waals surface area contributed by atoms with Gasteiger partial charge in [-0.05, 0) is 48.2 Å². The highest BCUT2D eigenvalue weighted by atomic mass is 35.5. The fourth-order valence-corrected chi connectivity index (χ4v) is 4.89. The molecule has 116 valence electrons. The molecule has 0 atom stereocenters. The Kier molecular flexibility index (Phi) is 5.73. The van der Waals surface area contributed by atoms with E-state index in [2.05, 4.69) is 36.0 Å². The fraction of sp³-hybridized carbons (Fsp3) is 0.368. The quantitative estimate of drug-likeness (QED) is 0.564. The highest BCUT2D eigenvalue weighted by molar-refractivity contribution is 8.00. The van der Waals surface area contributed by atoms with Crippen LogP contribution in [0, 0.1) is 0 Å². The van der Waals surface area contributed by atoms with Crippen molar-refractivity contribution in [1.82, 2.24) is 0 Å². The molecule has 3 rings (SSSR count). The average Bonchev–Trinajstić information content (AvgIpc) is 2.56. The summed E-state index contributed by atoms with van der Waals surface area (Å²) in [6.07, 6.45) is 6.80. The zero-order valence-electron chi connectivity index (χ0n) is 12.5. The molecule has 1 saturated carbocycles. The number of hydrogen-bond acceptors (Lipinski definition) is 1. The molecule has 1 aliphatic carbocycles. The van der Waals surface area contributed by atoms with Gasteiger partial charge in [0.1, 0.15) is 0 Å². The number of halogens is 2. The van der Waals surface area contributed by atoms with Crippen molar-refractivity contribution >= 4 is 35.0 Å². The molecule has 3 heteroatoms. The molecule has 0 bridgehead atoms. The van der Waals surface area contributed by atoms with Gasteiger partial charge in [-0.1, -0.05) is 66.7 Å². The Balaban J connectivity index is 1.86. The van der Waals surface area contributed by atoms with E-state index < -0.39 is 0 Å². The van der Waals surface area contributed by atoms with Crippen molar-refractivity contribution in [1.29, 1.82) is 0 Å². The van der Waals surface area contributed by atoms with E-state index in [9.17, 15) is 0 Å². The van der Waals surface area contributed by atoms with Crippen LogP contribution in [0.5, 0.6) is 0 Å². The lowest BCUT2D eigenvalue weighted by molar-refractivity contribution is 0.515. The third-order valence-corrected chi connectivity index (χ3v) is 6.40. The molecular formula is C19H20Cl2S. The lowest BCUT2D eigenvalue weighted by atomic mass is 10.0. The number of benzene rings is 2. The third kappa shape index (κ3) is 4.22. The van der Waals surface area contributed by atoms with Crippen LogP contribution in [-0.4, -0.2) is 5.25 Å². The van der Waals surface area contributed by atoms with Crippen LogP contribution in [-0.2, 0) is 0 Å². The van der Waals surface area contributed by atoms with E-state index in [-0.39, 0.29) is 0 Å². The minimum absolute atomic E-state index is 0.359. The molecule has 1 aliphatic rings. The summed E-state index contributed by atoms with van der Waals surface area (Å²) in [4.78, 5) is 0. The Bertz CT molecular complexity index is 540. The molecular weight excluding hydrogens is 331 g/mol. The van der Waals surface area contributed by atoms with Gasteiger partial charge >= 0.3 is 0 Å². The first-order valence-corrected chi connectivity index (χ1v) is 9.58. The molecule has 22 heavy (non-hydrogen) atoms. The molecule has 0 unspecified atom stereocenters. The van der Waals surface area contributed by atoms with Crippen LogP contribution in [0.3, 0.4) is 0 Å². The largest absolute Gasteiger partial charge is 0.146 e. The molecule has 0 saturated heterocycles. The van der Waals surface area contributed by atoms with E-state index in [1.165, 1.54) is 43.2 Å². The molecule has 0 nitrogen and oxygen atoms in total. The maximum absolute atomic E-state index is 6.05. The van der Waals surface area contributed by atoms with Crippen LogP contribution in [0.4, 0.5) is 0 Å². The summed E-state index contributed by atoms with van der Waals surface area (Å²) in [5.74, 6) is 0. The maximum atomic E-state index is 6.05. The lowest BCUT2D eigenvalue weighted by Crippen LogP contribution is -2.11. The molecule has 0 radical (unpaired) electrons. The Morgan fingerprint density at radius 1 is 0.727 bits per heavy atom. The van der Waals surface area contributed by atoms with Crippen LogP contribution < -0.4 is 0 Å². The summed E-state index contributed by atoms with van der Waals surface area (Å²) < 4.78 is 0. The first kappa shape index (κ1) is 16.2. The van der Waals surface area contributed by atoms with Crippen molar-refractivity contribution in [2.45, 2.75) is 42.6 Å². The summed E-state index contributed by atoms with van der Waals surface area (Å²) in [7, 11) is 0. The van der Waals surface area contributed by atoms with E-state index in [0.29, 0.717) is 5.25 Å². The van der Waals surface area contributed by atoms with E-state index >= 15 is 0 Å². The van der Waals surface area contributed by atoms with E-state index in [1.807, 2.05) is 24.3 Å². The normalized spacial score (nSPS) is 16.1. The maximum Gasteiger partial charge on any atom is 0.0549 e. The molecule has 0 spiro atoms. The van der Waals surface area contributed by atoms with Crippen LogP contribution in [0.25, 0.3) is 0 Å². The summed E-state index contributed by atoms with van der Waals surface area (Å²) >= 11 is 14.2. The molecule has 0 N–H and O–H groups in total. The second kappa shape index (κ2) is 7.77. The highest BCUT2D eigenvalue weighted by Crippen LogP contribution is 2.43. The van der Waals surface area contributed by atoms with Crippen molar-refractivity contribution in [3.05, 3.63) is 69.7 Å². The predicted octanol–water partition coefficient (Wildman–Crippen LogP) is 7.15. The molecule has 0 amide bonds. The van der Waals surface area contributed by atoms with Gasteiger partial charge in [0, 0.05) is 15.3 Å². The first-order chi connectivity index (χ1) is 10.7. The SMILES string of the molecule is Clc1ccc(C(SC2CCCCC2)c2ccc(Cl)cc2)cc1. The smallest absolute Gasteiger partial charge is 0.0549 e. The molecule has 0 heterocycles. The van der Waals surface area contributed by atoms with Gasteiger partial charge in [-0.2, -0.15) is 0 Å². The first-order valence-electron chi connectivity index (χ1n) is 7.89. The number of thioether (sulfide) groups is 1. The number of rotatable bonds is 4. The Morgan fingerprint density at radius 2 is 1.18 bits per heavy atom. The zero-order chi connectivity index (χ0) is 15.4. The highest BCUT2D eigenvalue weighted by Gasteiger charge is 2.22. The fourth-order valence-electron chi connectivity index (χ4n) is 3.02. The average molecular weight is 351 g/mol. The van der Waals surface area contributed by atoms with Crippen LogP contribution in [0.15, 0.2) is 48.5 Å².